The van der Waals surface area contributed by atoms with E-state index in [-0.39, 0.29) is 29.0 Å². The molecule has 1 aliphatic rings. The van der Waals surface area contributed by atoms with E-state index in [0.29, 0.717) is 36.5 Å². The highest BCUT2D eigenvalue weighted by molar-refractivity contribution is 7.17. The number of hydrogen-bond acceptors (Lipinski definition) is 5. The van der Waals surface area contributed by atoms with E-state index >= 15 is 0 Å². The van der Waals surface area contributed by atoms with Crippen molar-refractivity contribution in [1.82, 2.24) is 14.5 Å². The number of amides is 1. The first-order valence-corrected chi connectivity index (χ1v) is 12.9. The Hall–Kier alpha value is -2.71. The van der Waals surface area contributed by atoms with E-state index in [1.54, 1.807) is 11.7 Å². The molecule has 0 atom stereocenters. The second kappa shape index (κ2) is 11.1. The Kier molecular flexibility index (Phi) is 8.00. The number of benzene rings is 1. The number of rotatable bonds is 9. The number of methoxy groups -OCH3 is 1. The van der Waals surface area contributed by atoms with E-state index in [1.807, 2.05) is 36.6 Å². The molecule has 0 unspecified atom stereocenters. The Balaban J connectivity index is 1.48. The fraction of sp³-hybridized carbons (Fsp3) is 0.500. The van der Waals surface area contributed by atoms with Crippen LogP contribution < -0.4 is 16.6 Å². The highest BCUT2D eigenvalue weighted by Crippen LogP contribution is 2.30. The van der Waals surface area contributed by atoms with E-state index in [2.05, 4.69) is 11.4 Å². The molecular weight excluding hydrogens is 450 g/mol. The van der Waals surface area contributed by atoms with Gasteiger partial charge in [0, 0.05) is 32.7 Å². The van der Waals surface area contributed by atoms with Gasteiger partial charge in [-0.05, 0) is 62.0 Å². The lowest BCUT2D eigenvalue weighted by atomic mass is 9.81. The molecule has 1 aromatic carbocycles. The number of nitrogens with zero attached hydrogens (tertiary/aromatic N) is 2. The number of nitrogens with one attached hydrogen (secondary N) is 1. The molecule has 1 N–H and O–H groups in total. The molecule has 2 aromatic heterocycles. The van der Waals surface area contributed by atoms with Gasteiger partial charge >= 0.3 is 5.69 Å². The average molecular weight is 484 g/mol. The number of carbonyl (C=O) groups is 1. The summed E-state index contributed by atoms with van der Waals surface area (Å²) < 4.78 is 8.79. The van der Waals surface area contributed by atoms with E-state index in [0.717, 1.165) is 43.2 Å². The molecule has 1 saturated carbocycles. The second-order valence-corrected chi connectivity index (χ2v) is 10.2. The molecule has 182 valence electrons. The van der Waals surface area contributed by atoms with Crippen molar-refractivity contribution >= 4 is 27.5 Å². The van der Waals surface area contributed by atoms with Crippen LogP contribution in [0.15, 0.2) is 45.3 Å². The molecule has 2 heterocycles. The zero-order valence-electron chi connectivity index (χ0n) is 19.9. The maximum atomic E-state index is 13.5. The van der Waals surface area contributed by atoms with Gasteiger partial charge in [0.2, 0.25) is 5.91 Å². The third-order valence-corrected chi connectivity index (χ3v) is 7.63. The summed E-state index contributed by atoms with van der Waals surface area (Å²) in [5, 5.41) is 4.87. The molecular formula is C26H33N3O4S. The summed E-state index contributed by atoms with van der Waals surface area (Å²) in [5.74, 6) is 0.327. The standard InChI is InChI=1S/C26H33N3O4S/c1-18-5-3-6-20(15-18)17-28-22-11-14-34-23(22)25(31)29(26(28)32)16-19-7-9-21(10-8-19)24(30)27-12-4-13-33-2/h3,5-6,11,14-15,19,21H,4,7-10,12-13,16-17H2,1-2H3,(H,27,30). The first kappa shape index (κ1) is 24.4. The maximum Gasteiger partial charge on any atom is 0.331 e. The van der Waals surface area contributed by atoms with Crippen molar-refractivity contribution in [2.45, 2.75) is 52.1 Å². The minimum atomic E-state index is -0.254. The number of fused-ring (bicyclic) bond motifs is 1. The van der Waals surface area contributed by atoms with E-state index in [1.165, 1.54) is 15.9 Å². The highest BCUT2D eigenvalue weighted by Gasteiger charge is 2.27. The summed E-state index contributed by atoms with van der Waals surface area (Å²) in [7, 11) is 1.65. The Labute approximate surface area is 203 Å². The van der Waals surface area contributed by atoms with Gasteiger partial charge in [0.25, 0.3) is 5.56 Å². The molecule has 1 fully saturated rings. The van der Waals surface area contributed by atoms with Crippen LogP contribution >= 0.6 is 11.3 Å². The molecule has 34 heavy (non-hydrogen) atoms. The van der Waals surface area contributed by atoms with Gasteiger partial charge in [-0.1, -0.05) is 29.8 Å². The van der Waals surface area contributed by atoms with Crippen LogP contribution in [0, 0.1) is 18.8 Å². The van der Waals surface area contributed by atoms with Crippen LogP contribution in [0.1, 0.15) is 43.2 Å². The lowest BCUT2D eigenvalue weighted by molar-refractivity contribution is -0.126. The Morgan fingerprint density at radius 2 is 1.94 bits per heavy atom. The fourth-order valence-electron chi connectivity index (χ4n) is 4.88. The van der Waals surface area contributed by atoms with Gasteiger partial charge < -0.3 is 10.1 Å². The van der Waals surface area contributed by atoms with Gasteiger partial charge in [-0.15, -0.1) is 11.3 Å². The van der Waals surface area contributed by atoms with Crippen LogP contribution in [0.3, 0.4) is 0 Å². The molecule has 3 aromatic rings. The zero-order chi connectivity index (χ0) is 24.1. The maximum absolute atomic E-state index is 13.5. The minimum Gasteiger partial charge on any atom is -0.385 e. The van der Waals surface area contributed by atoms with Crippen molar-refractivity contribution in [3.63, 3.8) is 0 Å². The number of ether oxygens (including phenoxy) is 1. The molecule has 0 aliphatic heterocycles. The van der Waals surface area contributed by atoms with Gasteiger partial charge in [0.05, 0.1) is 12.1 Å². The largest absolute Gasteiger partial charge is 0.385 e. The SMILES string of the molecule is COCCCNC(=O)C1CCC(Cn2c(=O)c3sccc3n(Cc3cccc(C)c3)c2=O)CC1. The summed E-state index contributed by atoms with van der Waals surface area (Å²) in [4.78, 5) is 39.1. The third-order valence-electron chi connectivity index (χ3n) is 6.74. The summed E-state index contributed by atoms with van der Waals surface area (Å²) >= 11 is 1.39. The van der Waals surface area contributed by atoms with Crippen LogP contribution in [0.4, 0.5) is 0 Å². The van der Waals surface area contributed by atoms with Gasteiger partial charge in [0.1, 0.15) is 4.70 Å². The van der Waals surface area contributed by atoms with Crippen molar-refractivity contribution in [2.75, 3.05) is 20.3 Å². The Bertz CT molecular complexity index is 1250. The molecule has 4 rings (SSSR count). The van der Waals surface area contributed by atoms with E-state index in [9.17, 15) is 14.4 Å². The number of aromatic nitrogens is 2. The number of carbonyl (C=O) groups excluding carboxylic acids is 1. The normalized spacial score (nSPS) is 18.3. The predicted molar refractivity (Wildman–Crippen MR) is 136 cm³/mol. The number of hydrogen-bond donors (Lipinski definition) is 1. The van der Waals surface area contributed by atoms with Gasteiger partial charge in [-0.2, -0.15) is 0 Å². The van der Waals surface area contributed by atoms with Crippen LogP contribution in [0.5, 0.6) is 0 Å². The molecule has 0 radical (unpaired) electrons. The molecule has 0 bridgehead atoms. The molecule has 7 nitrogen and oxygen atoms in total. The quantitative estimate of drug-likeness (QED) is 0.472. The fourth-order valence-corrected chi connectivity index (χ4v) is 5.72. The third kappa shape index (κ3) is 5.50. The summed E-state index contributed by atoms with van der Waals surface area (Å²) in [6.07, 6.45) is 4.05. The van der Waals surface area contributed by atoms with Gasteiger partial charge in [-0.25, -0.2) is 4.79 Å². The van der Waals surface area contributed by atoms with Crippen LogP contribution in [0.25, 0.3) is 10.2 Å². The molecule has 1 aliphatic carbocycles. The first-order valence-electron chi connectivity index (χ1n) is 12.0. The number of aryl methyl sites for hydroxylation is 1. The summed E-state index contributed by atoms with van der Waals surface area (Å²) in [6, 6.07) is 9.96. The van der Waals surface area contributed by atoms with Crippen molar-refractivity contribution in [3.05, 3.63) is 67.7 Å². The van der Waals surface area contributed by atoms with Crippen molar-refractivity contribution in [1.29, 1.82) is 0 Å². The topological polar surface area (TPSA) is 82.3 Å². The van der Waals surface area contributed by atoms with E-state index in [4.69, 9.17) is 4.74 Å². The van der Waals surface area contributed by atoms with Gasteiger partial charge in [0.15, 0.2) is 0 Å². The number of thiophene rings is 1. The molecule has 0 spiro atoms. The van der Waals surface area contributed by atoms with Crippen molar-refractivity contribution in [2.24, 2.45) is 11.8 Å². The first-order chi connectivity index (χ1) is 16.5. The van der Waals surface area contributed by atoms with E-state index < -0.39 is 0 Å². The Morgan fingerprint density at radius 3 is 2.68 bits per heavy atom. The molecule has 0 saturated heterocycles. The minimum absolute atomic E-state index is 0.00766. The van der Waals surface area contributed by atoms with Crippen LogP contribution in [0.2, 0.25) is 0 Å². The average Bonchev–Trinajstić information content (AvgIpc) is 3.33. The monoisotopic (exact) mass is 483 g/mol. The second-order valence-electron chi connectivity index (χ2n) is 9.26. The molecule has 8 heteroatoms. The summed E-state index contributed by atoms with van der Waals surface area (Å²) in [5.41, 5.74) is 2.42. The zero-order valence-corrected chi connectivity index (χ0v) is 20.7. The van der Waals surface area contributed by atoms with Crippen molar-refractivity contribution < 1.29 is 9.53 Å². The highest BCUT2D eigenvalue weighted by atomic mass is 32.1. The predicted octanol–water partition coefficient (Wildman–Crippen LogP) is 3.54. The molecule has 1 amide bonds. The lowest BCUT2D eigenvalue weighted by Crippen LogP contribution is -2.42. The lowest BCUT2D eigenvalue weighted by Gasteiger charge is -2.28. The van der Waals surface area contributed by atoms with Crippen LogP contribution in [-0.2, 0) is 22.6 Å². The smallest absolute Gasteiger partial charge is 0.331 e. The van der Waals surface area contributed by atoms with Crippen LogP contribution in [-0.4, -0.2) is 35.3 Å². The van der Waals surface area contributed by atoms with Gasteiger partial charge in [-0.3, -0.25) is 18.7 Å². The summed E-state index contributed by atoms with van der Waals surface area (Å²) in [6.45, 7) is 4.14. The van der Waals surface area contributed by atoms with Crippen molar-refractivity contribution in [3.8, 4) is 0 Å². The Morgan fingerprint density at radius 1 is 1.15 bits per heavy atom.